The standard InChI is InChI=1S/C5H6O4S/c1-2-9-5(10)3(6)4(7)8/h2H2,1H3,(H,7,8). The number of ether oxygens (including phenoxy) is 1. The zero-order valence-electron chi connectivity index (χ0n) is 5.29. The number of carbonyl (C=O) groups is 2. The summed E-state index contributed by atoms with van der Waals surface area (Å²) in [5.41, 5.74) is 0. The number of aliphatic carboxylic acids is 1. The van der Waals surface area contributed by atoms with Crippen molar-refractivity contribution in [3.8, 4) is 0 Å². The number of carbonyl (C=O) groups excluding carboxylic acids is 1. The predicted molar refractivity (Wildman–Crippen MR) is 36.9 cm³/mol. The average molecular weight is 162 g/mol. The fraction of sp³-hybridized carbons (Fsp3) is 0.400. The summed E-state index contributed by atoms with van der Waals surface area (Å²) in [4.78, 5) is 20.3. The molecule has 0 radical (unpaired) electrons. The number of ketones is 1. The predicted octanol–water partition coefficient (Wildman–Crippen LogP) is 0.00400. The molecule has 0 saturated carbocycles. The second kappa shape index (κ2) is 3.94. The summed E-state index contributed by atoms with van der Waals surface area (Å²) in [6, 6.07) is 0. The maximum atomic E-state index is 10.4. The fourth-order valence-corrected chi connectivity index (χ4v) is 0.489. The summed E-state index contributed by atoms with van der Waals surface area (Å²) in [5.74, 6) is -2.75. The molecule has 0 spiro atoms. The van der Waals surface area contributed by atoms with Gasteiger partial charge in [0.15, 0.2) is 0 Å². The molecule has 1 N–H and O–H groups in total. The second-order valence-electron chi connectivity index (χ2n) is 1.35. The normalized spacial score (nSPS) is 8.50. The first kappa shape index (κ1) is 9.03. The van der Waals surface area contributed by atoms with Gasteiger partial charge in [0.1, 0.15) is 0 Å². The van der Waals surface area contributed by atoms with Crippen molar-refractivity contribution in [2.45, 2.75) is 6.92 Å². The van der Waals surface area contributed by atoms with Gasteiger partial charge in [0.25, 0.3) is 0 Å². The van der Waals surface area contributed by atoms with E-state index in [2.05, 4.69) is 17.0 Å². The number of carboxylic acids is 1. The Morgan fingerprint density at radius 1 is 1.60 bits per heavy atom. The molecule has 0 aliphatic heterocycles. The molecule has 0 aromatic carbocycles. The van der Waals surface area contributed by atoms with Crippen LogP contribution in [-0.4, -0.2) is 28.5 Å². The van der Waals surface area contributed by atoms with E-state index in [1.54, 1.807) is 6.92 Å². The SMILES string of the molecule is CCOC(=S)C(=O)C(=O)O. The Bertz CT molecular complexity index is 174. The van der Waals surface area contributed by atoms with E-state index in [9.17, 15) is 9.59 Å². The molecule has 0 rings (SSSR count). The van der Waals surface area contributed by atoms with Crippen LogP contribution < -0.4 is 0 Å². The molecule has 0 heterocycles. The van der Waals surface area contributed by atoms with E-state index in [0.717, 1.165) is 0 Å². The smallest absolute Gasteiger partial charge is 0.381 e. The summed E-state index contributed by atoms with van der Waals surface area (Å²) in [5, 5.41) is 7.57. The van der Waals surface area contributed by atoms with E-state index in [4.69, 9.17) is 5.11 Å². The molecule has 0 amide bonds. The maximum Gasteiger partial charge on any atom is 0.381 e. The molecular weight excluding hydrogens is 156 g/mol. The van der Waals surface area contributed by atoms with Crippen LogP contribution in [0.5, 0.6) is 0 Å². The molecule has 0 aromatic heterocycles. The molecule has 56 valence electrons. The fourth-order valence-electron chi connectivity index (χ4n) is 0.284. The molecule has 0 atom stereocenters. The van der Waals surface area contributed by atoms with Gasteiger partial charge in [-0.25, -0.2) is 4.79 Å². The number of thiocarbonyl (C=S) groups is 1. The maximum absolute atomic E-state index is 10.4. The largest absolute Gasteiger partial charge is 0.481 e. The van der Waals surface area contributed by atoms with Crippen LogP contribution in [0.1, 0.15) is 6.92 Å². The Morgan fingerprint density at radius 2 is 2.10 bits per heavy atom. The van der Waals surface area contributed by atoms with Gasteiger partial charge < -0.3 is 9.84 Å². The second-order valence-corrected chi connectivity index (χ2v) is 1.73. The lowest BCUT2D eigenvalue weighted by Gasteiger charge is -1.97. The van der Waals surface area contributed by atoms with Gasteiger partial charge in [0.05, 0.1) is 6.61 Å². The summed E-state index contributed by atoms with van der Waals surface area (Å²) < 4.78 is 4.47. The summed E-state index contributed by atoms with van der Waals surface area (Å²) >= 11 is 4.30. The van der Waals surface area contributed by atoms with Gasteiger partial charge in [-0.15, -0.1) is 0 Å². The molecule has 0 aromatic rings. The lowest BCUT2D eigenvalue weighted by Crippen LogP contribution is -2.23. The molecule has 0 unspecified atom stereocenters. The number of carboxylic acid groups (broad SMARTS) is 1. The Labute approximate surface area is 62.8 Å². The van der Waals surface area contributed by atoms with Crippen molar-refractivity contribution in [1.29, 1.82) is 0 Å². The molecule has 0 saturated heterocycles. The van der Waals surface area contributed by atoms with Gasteiger partial charge in [-0.05, 0) is 19.1 Å². The highest BCUT2D eigenvalue weighted by molar-refractivity contribution is 7.82. The van der Waals surface area contributed by atoms with E-state index >= 15 is 0 Å². The van der Waals surface area contributed by atoms with E-state index in [1.807, 2.05) is 0 Å². The van der Waals surface area contributed by atoms with Crippen molar-refractivity contribution in [1.82, 2.24) is 0 Å². The minimum Gasteiger partial charge on any atom is -0.481 e. The van der Waals surface area contributed by atoms with Gasteiger partial charge >= 0.3 is 11.8 Å². The zero-order chi connectivity index (χ0) is 8.15. The van der Waals surface area contributed by atoms with Crippen molar-refractivity contribution in [3.63, 3.8) is 0 Å². The van der Waals surface area contributed by atoms with Gasteiger partial charge in [0, 0.05) is 0 Å². The molecule has 0 bridgehead atoms. The van der Waals surface area contributed by atoms with Crippen LogP contribution in [0.4, 0.5) is 0 Å². The van der Waals surface area contributed by atoms with Crippen LogP contribution in [0.3, 0.4) is 0 Å². The lowest BCUT2D eigenvalue weighted by atomic mass is 10.4. The Balaban J connectivity index is 3.96. The molecular formula is C5H6O4S. The number of Topliss-reactive ketones (excluding diaryl/α,β-unsaturated/α-hetero) is 1. The van der Waals surface area contributed by atoms with Crippen LogP contribution in [0, 0.1) is 0 Å². The van der Waals surface area contributed by atoms with Crippen LogP contribution in [0.15, 0.2) is 0 Å². The first-order valence-corrected chi connectivity index (χ1v) is 2.94. The molecule has 0 fully saturated rings. The molecule has 5 heteroatoms. The van der Waals surface area contributed by atoms with Crippen LogP contribution >= 0.6 is 12.2 Å². The molecule has 0 aliphatic rings. The Kier molecular flexibility index (Phi) is 3.56. The number of hydrogen-bond donors (Lipinski definition) is 1. The third-order valence-electron chi connectivity index (χ3n) is 0.655. The van der Waals surface area contributed by atoms with Gasteiger partial charge in [-0.3, -0.25) is 4.79 Å². The molecule has 10 heavy (non-hydrogen) atoms. The summed E-state index contributed by atoms with van der Waals surface area (Å²) in [7, 11) is 0. The van der Waals surface area contributed by atoms with Crippen LogP contribution in [-0.2, 0) is 14.3 Å². The van der Waals surface area contributed by atoms with Crippen molar-refractivity contribution in [3.05, 3.63) is 0 Å². The highest BCUT2D eigenvalue weighted by atomic mass is 32.1. The Morgan fingerprint density at radius 3 is 2.40 bits per heavy atom. The lowest BCUT2D eigenvalue weighted by molar-refractivity contribution is -0.146. The number of rotatable bonds is 3. The zero-order valence-corrected chi connectivity index (χ0v) is 6.10. The van der Waals surface area contributed by atoms with E-state index in [1.165, 1.54) is 0 Å². The van der Waals surface area contributed by atoms with Crippen molar-refractivity contribution in [2.75, 3.05) is 6.61 Å². The van der Waals surface area contributed by atoms with E-state index in [0.29, 0.717) is 0 Å². The highest BCUT2D eigenvalue weighted by Gasteiger charge is 2.18. The highest BCUT2D eigenvalue weighted by Crippen LogP contribution is 1.84. The third-order valence-corrected chi connectivity index (χ3v) is 0.958. The summed E-state index contributed by atoms with van der Waals surface area (Å²) in [6.07, 6.45) is 0. The van der Waals surface area contributed by atoms with Gasteiger partial charge in [0.2, 0.25) is 5.05 Å². The van der Waals surface area contributed by atoms with E-state index < -0.39 is 16.8 Å². The third kappa shape index (κ3) is 2.54. The molecule has 4 nitrogen and oxygen atoms in total. The topological polar surface area (TPSA) is 63.6 Å². The van der Waals surface area contributed by atoms with Crippen molar-refractivity contribution in [2.24, 2.45) is 0 Å². The molecule has 0 aliphatic carbocycles. The van der Waals surface area contributed by atoms with Crippen molar-refractivity contribution < 1.29 is 19.4 Å². The van der Waals surface area contributed by atoms with Crippen LogP contribution in [0.2, 0.25) is 0 Å². The van der Waals surface area contributed by atoms with Gasteiger partial charge in [-0.2, -0.15) is 0 Å². The van der Waals surface area contributed by atoms with E-state index in [-0.39, 0.29) is 6.61 Å². The first-order chi connectivity index (χ1) is 4.59. The van der Waals surface area contributed by atoms with Gasteiger partial charge in [-0.1, -0.05) is 0 Å². The quantitative estimate of drug-likeness (QED) is 0.467. The number of hydrogen-bond acceptors (Lipinski definition) is 4. The minimum absolute atomic E-state index is 0.206. The van der Waals surface area contributed by atoms with Crippen LogP contribution in [0.25, 0.3) is 0 Å². The monoisotopic (exact) mass is 162 g/mol. The summed E-state index contributed by atoms with van der Waals surface area (Å²) in [6.45, 7) is 1.82. The first-order valence-electron chi connectivity index (χ1n) is 2.54. The Hall–Kier alpha value is -0.970. The van der Waals surface area contributed by atoms with Crippen molar-refractivity contribution >= 4 is 29.0 Å². The average Bonchev–Trinajstić information content (AvgIpc) is 1.87. The minimum atomic E-state index is -1.58.